The number of hydrogen-bond donors (Lipinski definition) is 1. The molecule has 2 aromatic rings. The Morgan fingerprint density at radius 2 is 1.63 bits per heavy atom. The van der Waals surface area contributed by atoms with Crippen LogP contribution >= 0.6 is 50.7 Å². The van der Waals surface area contributed by atoms with Crippen LogP contribution in [0.1, 0.15) is 18.5 Å². The van der Waals surface area contributed by atoms with Crippen molar-refractivity contribution in [3.8, 4) is 0 Å². The fourth-order valence-electron chi connectivity index (χ4n) is 1.82. The van der Waals surface area contributed by atoms with Crippen LogP contribution in [-0.2, 0) is 0 Å². The Morgan fingerprint density at radius 3 is 2.21 bits per heavy atom. The Morgan fingerprint density at radius 1 is 1.00 bits per heavy atom. The highest BCUT2D eigenvalue weighted by Gasteiger charge is 2.10. The third-order valence-electron chi connectivity index (χ3n) is 2.67. The second-order valence-electron chi connectivity index (χ2n) is 4.19. The van der Waals surface area contributed by atoms with Crippen LogP contribution in [0.5, 0.6) is 0 Å². The Kier molecular flexibility index (Phi) is 5.02. The van der Waals surface area contributed by atoms with Crippen molar-refractivity contribution >= 4 is 56.4 Å². The largest absolute Gasteiger partial charge is 0.378 e. The molecule has 0 saturated carbocycles. The fourth-order valence-corrected chi connectivity index (χ4v) is 3.18. The van der Waals surface area contributed by atoms with Crippen LogP contribution in [0.2, 0.25) is 15.1 Å². The molecular weight excluding hydrogens is 368 g/mol. The topological polar surface area (TPSA) is 12.0 Å². The Balaban J connectivity index is 2.22. The van der Waals surface area contributed by atoms with Crippen molar-refractivity contribution in [3.05, 3.63) is 61.5 Å². The predicted molar refractivity (Wildman–Crippen MR) is 87.7 cm³/mol. The molecule has 0 amide bonds. The summed E-state index contributed by atoms with van der Waals surface area (Å²) in [6, 6.07) is 11.2. The van der Waals surface area contributed by atoms with E-state index in [0.717, 1.165) is 15.7 Å². The summed E-state index contributed by atoms with van der Waals surface area (Å²) in [7, 11) is 0. The number of halogens is 4. The van der Waals surface area contributed by atoms with Gasteiger partial charge < -0.3 is 5.32 Å². The molecule has 5 heteroatoms. The summed E-state index contributed by atoms with van der Waals surface area (Å²) < 4.78 is 0.958. The molecule has 0 radical (unpaired) electrons. The van der Waals surface area contributed by atoms with Crippen LogP contribution in [0.25, 0.3) is 0 Å². The van der Waals surface area contributed by atoms with Gasteiger partial charge >= 0.3 is 0 Å². The molecule has 1 unspecified atom stereocenters. The van der Waals surface area contributed by atoms with Crippen LogP contribution in [0.3, 0.4) is 0 Å². The van der Waals surface area contributed by atoms with Gasteiger partial charge in [0.15, 0.2) is 0 Å². The van der Waals surface area contributed by atoms with Gasteiger partial charge in [-0.3, -0.25) is 0 Å². The number of benzene rings is 2. The van der Waals surface area contributed by atoms with E-state index in [1.54, 1.807) is 6.07 Å². The van der Waals surface area contributed by atoms with Crippen molar-refractivity contribution in [3.63, 3.8) is 0 Å². The van der Waals surface area contributed by atoms with Crippen LogP contribution in [-0.4, -0.2) is 0 Å². The molecule has 100 valence electrons. The van der Waals surface area contributed by atoms with Crippen molar-refractivity contribution in [1.29, 1.82) is 0 Å². The molecule has 0 aromatic heterocycles. The van der Waals surface area contributed by atoms with Gasteiger partial charge in [-0.05, 0) is 42.8 Å². The molecule has 0 heterocycles. The lowest BCUT2D eigenvalue weighted by atomic mass is 10.1. The maximum Gasteiger partial charge on any atom is 0.0500 e. The van der Waals surface area contributed by atoms with Gasteiger partial charge in [-0.15, -0.1) is 0 Å². The van der Waals surface area contributed by atoms with Crippen molar-refractivity contribution in [1.82, 2.24) is 0 Å². The number of nitrogens with one attached hydrogen (secondary N) is 1. The van der Waals surface area contributed by atoms with E-state index in [9.17, 15) is 0 Å². The van der Waals surface area contributed by atoms with Gasteiger partial charge in [-0.25, -0.2) is 0 Å². The lowest BCUT2D eigenvalue weighted by Gasteiger charge is -2.17. The summed E-state index contributed by atoms with van der Waals surface area (Å²) >= 11 is 21.6. The monoisotopic (exact) mass is 377 g/mol. The van der Waals surface area contributed by atoms with E-state index in [1.165, 1.54) is 0 Å². The molecule has 0 aliphatic heterocycles. The van der Waals surface area contributed by atoms with Crippen molar-refractivity contribution in [2.45, 2.75) is 13.0 Å². The van der Waals surface area contributed by atoms with Crippen LogP contribution in [0, 0.1) is 0 Å². The molecule has 0 fully saturated rings. The molecule has 1 N–H and O–H groups in total. The molecule has 0 bridgehead atoms. The number of hydrogen-bond acceptors (Lipinski definition) is 1. The van der Waals surface area contributed by atoms with Crippen LogP contribution in [0.4, 0.5) is 5.69 Å². The first-order valence-corrected chi connectivity index (χ1v) is 7.56. The lowest BCUT2D eigenvalue weighted by Crippen LogP contribution is -2.07. The predicted octanol–water partition coefficient (Wildman–Crippen LogP) is 6.58. The third-order valence-corrected chi connectivity index (χ3v) is 3.93. The number of rotatable bonds is 3. The molecular formula is C14H11BrCl3N. The first-order valence-electron chi connectivity index (χ1n) is 5.63. The molecule has 0 saturated heterocycles. The first kappa shape index (κ1) is 15.0. The van der Waals surface area contributed by atoms with E-state index < -0.39 is 0 Å². The Labute approximate surface area is 136 Å². The zero-order valence-electron chi connectivity index (χ0n) is 10.1. The van der Waals surface area contributed by atoms with Gasteiger partial charge in [0.2, 0.25) is 0 Å². The second-order valence-corrected chi connectivity index (χ2v) is 6.39. The normalized spacial score (nSPS) is 12.3. The summed E-state index contributed by atoms with van der Waals surface area (Å²) in [6.45, 7) is 2.03. The van der Waals surface area contributed by atoms with E-state index >= 15 is 0 Å². The van der Waals surface area contributed by atoms with E-state index in [-0.39, 0.29) is 6.04 Å². The smallest absolute Gasteiger partial charge is 0.0500 e. The lowest BCUT2D eigenvalue weighted by molar-refractivity contribution is 0.885. The SMILES string of the molecule is CC(Nc1cc(Cl)cc(Cl)c1)c1ccc(Br)cc1Cl. The molecule has 2 aromatic carbocycles. The van der Waals surface area contributed by atoms with Crippen molar-refractivity contribution in [2.24, 2.45) is 0 Å². The molecule has 1 nitrogen and oxygen atoms in total. The summed E-state index contributed by atoms with van der Waals surface area (Å²) in [6.07, 6.45) is 0. The van der Waals surface area contributed by atoms with E-state index in [2.05, 4.69) is 21.2 Å². The van der Waals surface area contributed by atoms with Crippen LogP contribution < -0.4 is 5.32 Å². The minimum Gasteiger partial charge on any atom is -0.378 e. The summed E-state index contributed by atoms with van der Waals surface area (Å²) in [5, 5.41) is 5.24. The maximum absolute atomic E-state index is 6.23. The van der Waals surface area contributed by atoms with Gasteiger partial charge in [-0.2, -0.15) is 0 Å². The van der Waals surface area contributed by atoms with E-state index in [0.29, 0.717) is 15.1 Å². The van der Waals surface area contributed by atoms with Gasteiger partial charge in [0.25, 0.3) is 0 Å². The zero-order chi connectivity index (χ0) is 14.0. The average molecular weight is 380 g/mol. The van der Waals surface area contributed by atoms with Gasteiger partial charge in [-0.1, -0.05) is 56.8 Å². The molecule has 1 atom stereocenters. The Bertz CT molecular complexity index is 581. The number of anilines is 1. The minimum absolute atomic E-state index is 0.0510. The average Bonchev–Trinajstić information content (AvgIpc) is 2.26. The summed E-state index contributed by atoms with van der Waals surface area (Å²) in [5.41, 5.74) is 1.88. The minimum atomic E-state index is 0.0510. The molecule has 0 aliphatic rings. The third kappa shape index (κ3) is 4.03. The Hall–Kier alpha value is -0.410. The first-order chi connectivity index (χ1) is 8.95. The van der Waals surface area contributed by atoms with Gasteiger partial charge in [0, 0.05) is 31.3 Å². The highest BCUT2D eigenvalue weighted by atomic mass is 79.9. The quantitative estimate of drug-likeness (QED) is 0.635. The van der Waals surface area contributed by atoms with Crippen molar-refractivity contribution < 1.29 is 0 Å². The molecule has 19 heavy (non-hydrogen) atoms. The molecule has 0 spiro atoms. The zero-order valence-corrected chi connectivity index (χ0v) is 13.9. The summed E-state index contributed by atoms with van der Waals surface area (Å²) in [4.78, 5) is 0. The summed E-state index contributed by atoms with van der Waals surface area (Å²) in [5.74, 6) is 0. The van der Waals surface area contributed by atoms with Crippen LogP contribution in [0.15, 0.2) is 40.9 Å². The fraction of sp³-hybridized carbons (Fsp3) is 0.143. The molecule has 2 rings (SSSR count). The standard InChI is InChI=1S/C14H11BrCl3N/c1-8(13-3-2-9(15)4-14(13)18)19-12-6-10(16)5-11(17)7-12/h2-8,19H,1H3. The maximum atomic E-state index is 6.23. The highest BCUT2D eigenvalue weighted by Crippen LogP contribution is 2.30. The van der Waals surface area contributed by atoms with Gasteiger partial charge in [0.05, 0.1) is 0 Å². The van der Waals surface area contributed by atoms with E-state index in [4.69, 9.17) is 34.8 Å². The molecule has 0 aliphatic carbocycles. The highest BCUT2D eigenvalue weighted by molar-refractivity contribution is 9.10. The van der Waals surface area contributed by atoms with E-state index in [1.807, 2.05) is 37.3 Å². The second kappa shape index (κ2) is 6.36. The van der Waals surface area contributed by atoms with Crippen molar-refractivity contribution in [2.75, 3.05) is 5.32 Å². The van der Waals surface area contributed by atoms with Gasteiger partial charge in [0.1, 0.15) is 0 Å².